The van der Waals surface area contributed by atoms with Crippen LogP contribution in [-0.2, 0) is 21.4 Å². The molecule has 22 heavy (non-hydrogen) atoms. The van der Waals surface area contributed by atoms with Crippen molar-refractivity contribution in [2.45, 2.75) is 31.8 Å². The van der Waals surface area contributed by atoms with Gasteiger partial charge in [0, 0.05) is 12.2 Å². The highest BCUT2D eigenvalue weighted by molar-refractivity contribution is 7.88. The molecule has 124 valence electrons. The molecule has 0 bridgehead atoms. The molecule has 1 fully saturated rings. The van der Waals surface area contributed by atoms with Crippen LogP contribution in [-0.4, -0.2) is 33.2 Å². The summed E-state index contributed by atoms with van der Waals surface area (Å²) in [6, 6.07) is 7.02. The summed E-state index contributed by atoms with van der Waals surface area (Å²) in [5.74, 6) is -0.0169. The van der Waals surface area contributed by atoms with E-state index in [4.69, 9.17) is 0 Å². The molecule has 1 aliphatic rings. The first kappa shape index (κ1) is 18.9. The molecule has 1 aromatic rings. The van der Waals surface area contributed by atoms with Gasteiger partial charge in [-0.3, -0.25) is 4.79 Å². The molecule has 1 unspecified atom stereocenters. The average molecular weight is 348 g/mol. The van der Waals surface area contributed by atoms with Gasteiger partial charge in [-0.2, -0.15) is 0 Å². The standard InChI is InChI=1S/C14H21N3O3S.ClH/c1-21(19,20)16-10-11-5-7-12(8-6-11)17-14(18)13-4-2-3-9-15-13;/h5-8,13,15-16H,2-4,9-10H2,1H3,(H,17,18);1H. The smallest absolute Gasteiger partial charge is 0.241 e. The lowest BCUT2D eigenvalue weighted by Crippen LogP contribution is -2.43. The number of carbonyl (C=O) groups excluding carboxylic acids is 1. The maximum atomic E-state index is 12.0. The number of amides is 1. The molecule has 2 rings (SSSR count). The summed E-state index contributed by atoms with van der Waals surface area (Å²) in [4.78, 5) is 12.0. The van der Waals surface area contributed by atoms with Crippen molar-refractivity contribution in [1.82, 2.24) is 10.0 Å². The predicted molar refractivity (Wildman–Crippen MR) is 89.6 cm³/mol. The molecule has 0 aliphatic carbocycles. The Labute approximate surface area is 137 Å². The van der Waals surface area contributed by atoms with Crippen LogP contribution in [0, 0.1) is 0 Å². The summed E-state index contributed by atoms with van der Waals surface area (Å²) in [7, 11) is -3.19. The molecule has 0 saturated carbocycles. The number of sulfonamides is 1. The van der Waals surface area contributed by atoms with Crippen molar-refractivity contribution in [3.8, 4) is 0 Å². The molecule has 0 radical (unpaired) electrons. The van der Waals surface area contributed by atoms with Gasteiger partial charge >= 0.3 is 0 Å². The summed E-state index contributed by atoms with van der Waals surface area (Å²) >= 11 is 0. The molecule has 1 atom stereocenters. The van der Waals surface area contributed by atoms with Crippen molar-refractivity contribution in [2.75, 3.05) is 18.1 Å². The maximum Gasteiger partial charge on any atom is 0.241 e. The van der Waals surface area contributed by atoms with E-state index in [1.54, 1.807) is 24.3 Å². The van der Waals surface area contributed by atoms with Gasteiger partial charge in [-0.15, -0.1) is 12.4 Å². The van der Waals surface area contributed by atoms with Gasteiger partial charge in [0.15, 0.2) is 0 Å². The van der Waals surface area contributed by atoms with Crippen molar-refractivity contribution in [3.63, 3.8) is 0 Å². The zero-order valence-corrected chi connectivity index (χ0v) is 14.1. The normalized spacial score (nSPS) is 18.3. The van der Waals surface area contributed by atoms with Crippen LogP contribution in [0.5, 0.6) is 0 Å². The highest BCUT2D eigenvalue weighted by atomic mass is 35.5. The third-order valence-corrected chi connectivity index (χ3v) is 4.06. The van der Waals surface area contributed by atoms with Crippen LogP contribution in [0.25, 0.3) is 0 Å². The zero-order chi connectivity index (χ0) is 15.3. The number of benzene rings is 1. The predicted octanol–water partition coefficient (Wildman–Crippen LogP) is 1.24. The fraction of sp³-hybridized carbons (Fsp3) is 0.500. The van der Waals surface area contributed by atoms with Crippen molar-refractivity contribution in [1.29, 1.82) is 0 Å². The number of carbonyl (C=O) groups is 1. The van der Waals surface area contributed by atoms with E-state index in [-0.39, 0.29) is 30.9 Å². The highest BCUT2D eigenvalue weighted by Gasteiger charge is 2.20. The number of halogens is 1. The van der Waals surface area contributed by atoms with Crippen molar-refractivity contribution >= 4 is 34.0 Å². The molecule has 3 N–H and O–H groups in total. The van der Waals surface area contributed by atoms with E-state index >= 15 is 0 Å². The van der Waals surface area contributed by atoms with Gasteiger partial charge < -0.3 is 10.6 Å². The Morgan fingerprint density at radius 3 is 2.50 bits per heavy atom. The second kappa shape index (κ2) is 8.47. The van der Waals surface area contributed by atoms with Crippen molar-refractivity contribution in [3.05, 3.63) is 29.8 Å². The quantitative estimate of drug-likeness (QED) is 0.747. The minimum Gasteiger partial charge on any atom is -0.325 e. The number of piperidine rings is 1. The van der Waals surface area contributed by atoms with Crippen LogP contribution in [0.2, 0.25) is 0 Å². The van der Waals surface area contributed by atoms with E-state index in [0.29, 0.717) is 0 Å². The van der Waals surface area contributed by atoms with Gasteiger partial charge in [0.05, 0.1) is 12.3 Å². The van der Waals surface area contributed by atoms with Crippen LogP contribution < -0.4 is 15.4 Å². The molecule has 0 aromatic heterocycles. The van der Waals surface area contributed by atoms with Crippen LogP contribution in [0.15, 0.2) is 24.3 Å². The van der Waals surface area contributed by atoms with E-state index in [1.165, 1.54) is 0 Å². The Morgan fingerprint density at radius 1 is 1.27 bits per heavy atom. The van der Waals surface area contributed by atoms with Gasteiger partial charge in [0.1, 0.15) is 0 Å². The summed E-state index contributed by atoms with van der Waals surface area (Å²) in [5, 5.41) is 6.07. The monoisotopic (exact) mass is 347 g/mol. The fourth-order valence-electron chi connectivity index (χ4n) is 2.23. The summed E-state index contributed by atoms with van der Waals surface area (Å²) in [6.45, 7) is 1.13. The van der Waals surface area contributed by atoms with Crippen molar-refractivity contribution in [2.24, 2.45) is 0 Å². The van der Waals surface area contributed by atoms with Crippen LogP contribution in [0.4, 0.5) is 5.69 Å². The summed E-state index contributed by atoms with van der Waals surface area (Å²) < 4.78 is 24.5. The minimum absolute atomic E-state index is 0. The SMILES string of the molecule is CS(=O)(=O)NCc1ccc(NC(=O)C2CCCCN2)cc1.Cl. The van der Waals surface area contributed by atoms with E-state index in [2.05, 4.69) is 15.4 Å². The summed E-state index contributed by atoms with van der Waals surface area (Å²) in [6.07, 6.45) is 4.17. The minimum atomic E-state index is -3.19. The largest absolute Gasteiger partial charge is 0.325 e. The van der Waals surface area contributed by atoms with Gasteiger partial charge in [0.2, 0.25) is 15.9 Å². The second-order valence-electron chi connectivity index (χ2n) is 5.28. The van der Waals surface area contributed by atoms with Gasteiger partial charge in [-0.1, -0.05) is 18.6 Å². The molecule has 1 aliphatic heterocycles. The van der Waals surface area contributed by atoms with Gasteiger partial charge in [-0.25, -0.2) is 13.1 Å². The molecule has 1 aromatic carbocycles. The van der Waals surface area contributed by atoms with Crippen LogP contribution >= 0.6 is 12.4 Å². The molecule has 1 saturated heterocycles. The number of hydrogen-bond donors (Lipinski definition) is 3. The topological polar surface area (TPSA) is 87.3 Å². The highest BCUT2D eigenvalue weighted by Crippen LogP contribution is 2.13. The molecule has 1 amide bonds. The Kier molecular flexibility index (Phi) is 7.28. The first-order valence-electron chi connectivity index (χ1n) is 7.02. The Morgan fingerprint density at radius 2 is 1.95 bits per heavy atom. The molecular weight excluding hydrogens is 326 g/mol. The van der Waals surface area contributed by atoms with Gasteiger partial charge in [0.25, 0.3) is 0 Å². The number of anilines is 1. The number of hydrogen-bond acceptors (Lipinski definition) is 4. The fourth-order valence-corrected chi connectivity index (χ4v) is 2.65. The molecule has 6 nitrogen and oxygen atoms in total. The lowest BCUT2D eigenvalue weighted by molar-refractivity contribution is -0.118. The Balaban J connectivity index is 0.00000242. The van der Waals surface area contributed by atoms with E-state index in [0.717, 1.165) is 43.3 Å². The Bertz CT molecular complexity index is 584. The van der Waals surface area contributed by atoms with E-state index in [9.17, 15) is 13.2 Å². The number of nitrogens with one attached hydrogen (secondary N) is 3. The zero-order valence-electron chi connectivity index (χ0n) is 12.5. The first-order valence-corrected chi connectivity index (χ1v) is 8.91. The second-order valence-corrected chi connectivity index (χ2v) is 7.11. The molecule has 1 heterocycles. The third-order valence-electron chi connectivity index (χ3n) is 3.39. The lowest BCUT2D eigenvalue weighted by Gasteiger charge is -2.22. The lowest BCUT2D eigenvalue weighted by atomic mass is 10.0. The third kappa shape index (κ3) is 6.31. The molecule has 0 spiro atoms. The first-order chi connectivity index (χ1) is 9.94. The maximum absolute atomic E-state index is 12.0. The molecular formula is C14H22ClN3O3S. The van der Waals surface area contributed by atoms with E-state index < -0.39 is 10.0 Å². The molecule has 8 heteroatoms. The van der Waals surface area contributed by atoms with Gasteiger partial charge in [-0.05, 0) is 37.1 Å². The van der Waals surface area contributed by atoms with Crippen LogP contribution in [0.1, 0.15) is 24.8 Å². The Hall–Kier alpha value is -1.15. The average Bonchev–Trinajstić information content (AvgIpc) is 2.46. The summed E-state index contributed by atoms with van der Waals surface area (Å²) in [5.41, 5.74) is 1.56. The number of rotatable bonds is 5. The van der Waals surface area contributed by atoms with Crippen LogP contribution in [0.3, 0.4) is 0 Å². The van der Waals surface area contributed by atoms with Crippen molar-refractivity contribution < 1.29 is 13.2 Å². The van der Waals surface area contributed by atoms with E-state index in [1.807, 2.05) is 0 Å².